The number of rotatable bonds is 4. The molecule has 0 radical (unpaired) electrons. The molecule has 2 aromatic rings. The Morgan fingerprint density at radius 2 is 2.20 bits per heavy atom. The van der Waals surface area contributed by atoms with Crippen LogP contribution in [0.5, 0.6) is 0 Å². The molecule has 0 saturated carbocycles. The van der Waals surface area contributed by atoms with E-state index < -0.39 is 0 Å². The summed E-state index contributed by atoms with van der Waals surface area (Å²) in [5.41, 5.74) is 1.99. The lowest BCUT2D eigenvalue weighted by Crippen LogP contribution is -2.60. The maximum Gasteiger partial charge on any atom is 0.289 e. The maximum absolute atomic E-state index is 12.4. The quantitative estimate of drug-likeness (QED) is 0.840. The van der Waals surface area contributed by atoms with E-state index in [1.54, 1.807) is 6.07 Å². The summed E-state index contributed by atoms with van der Waals surface area (Å²) in [6, 6.07) is 9.59. The molecule has 2 aliphatic heterocycles. The second-order valence-corrected chi connectivity index (χ2v) is 8.46. The first-order valence-corrected chi connectivity index (χ1v) is 9.55. The van der Waals surface area contributed by atoms with Crippen LogP contribution in [0.15, 0.2) is 34.7 Å². The van der Waals surface area contributed by atoms with Gasteiger partial charge in [0.2, 0.25) is 0 Å². The number of carbonyl (C=O) groups is 1. The topological polar surface area (TPSA) is 55.6 Å². The van der Waals surface area contributed by atoms with E-state index in [4.69, 9.17) is 9.15 Å². The van der Waals surface area contributed by atoms with Crippen molar-refractivity contribution in [2.45, 2.75) is 37.7 Å². The van der Waals surface area contributed by atoms with Crippen molar-refractivity contribution in [2.75, 3.05) is 18.8 Å². The summed E-state index contributed by atoms with van der Waals surface area (Å²) >= 11 is 1.93. The zero-order chi connectivity index (χ0) is 17.4. The third-order valence-electron chi connectivity index (χ3n) is 4.78. The van der Waals surface area contributed by atoms with Gasteiger partial charge in [-0.1, -0.05) is 6.07 Å². The van der Waals surface area contributed by atoms with Crippen LogP contribution in [0.3, 0.4) is 0 Å². The van der Waals surface area contributed by atoms with Gasteiger partial charge in [-0.25, -0.2) is 0 Å². The van der Waals surface area contributed by atoms with Crippen molar-refractivity contribution in [1.82, 2.24) is 9.88 Å². The van der Waals surface area contributed by atoms with Crippen molar-refractivity contribution in [1.29, 1.82) is 0 Å². The lowest BCUT2D eigenvalue weighted by atomic mass is 9.92. The first-order valence-electron chi connectivity index (χ1n) is 8.57. The molecule has 2 aliphatic rings. The fourth-order valence-electron chi connectivity index (χ4n) is 3.51. The molecule has 1 unspecified atom stereocenters. The van der Waals surface area contributed by atoms with E-state index in [9.17, 15) is 4.79 Å². The molecule has 0 N–H and O–H groups in total. The number of likely N-dealkylation sites (tertiary alicyclic amines) is 1. The maximum atomic E-state index is 12.4. The van der Waals surface area contributed by atoms with Crippen LogP contribution in [0.25, 0.3) is 0 Å². The molecule has 4 rings (SSSR count). The molecule has 2 fully saturated rings. The number of pyridine rings is 1. The second-order valence-electron chi connectivity index (χ2n) is 6.97. The molecular weight excluding hydrogens is 336 g/mol. The van der Waals surface area contributed by atoms with Crippen LogP contribution >= 0.6 is 11.8 Å². The summed E-state index contributed by atoms with van der Waals surface area (Å²) in [6.07, 6.45) is 1.22. The van der Waals surface area contributed by atoms with Crippen LogP contribution in [0, 0.1) is 13.8 Å². The number of hydrogen-bond donors (Lipinski definition) is 0. The largest absolute Gasteiger partial charge is 0.456 e. The minimum Gasteiger partial charge on any atom is -0.456 e. The number of aromatic nitrogens is 1. The van der Waals surface area contributed by atoms with Gasteiger partial charge in [0.05, 0.1) is 23.2 Å². The summed E-state index contributed by atoms with van der Waals surface area (Å²) in [4.78, 5) is 18.7. The summed E-state index contributed by atoms with van der Waals surface area (Å²) in [6.45, 7) is 5.95. The van der Waals surface area contributed by atoms with Gasteiger partial charge in [0.15, 0.2) is 5.76 Å². The van der Waals surface area contributed by atoms with E-state index >= 15 is 0 Å². The van der Waals surface area contributed by atoms with Gasteiger partial charge in [-0.05, 0) is 44.5 Å². The van der Waals surface area contributed by atoms with Crippen LogP contribution in [0.2, 0.25) is 0 Å². The second kappa shape index (κ2) is 6.50. The highest BCUT2D eigenvalue weighted by Crippen LogP contribution is 2.46. The molecule has 4 heterocycles. The fourth-order valence-corrected chi connectivity index (χ4v) is 5.06. The van der Waals surface area contributed by atoms with Crippen LogP contribution in [-0.4, -0.2) is 45.5 Å². The number of aryl methyl sites for hydroxylation is 2. The highest BCUT2D eigenvalue weighted by atomic mass is 32.2. The number of thioether (sulfide) groups is 1. The molecule has 1 atom stereocenters. The van der Waals surface area contributed by atoms with Crippen LogP contribution in [0.1, 0.15) is 34.1 Å². The highest BCUT2D eigenvalue weighted by Gasteiger charge is 2.51. The number of furan rings is 1. The van der Waals surface area contributed by atoms with E-state index in [0.29, 0.717) is 12.4 Å². The molecular formula is C19H22N2O3S. The third kappa shape index (κ3) is 3.46. The molecule has 0 aromatic carbocycles. The van der Waals surface area contributed by atoms with Gasteiger partial charge in [-0.3, -0.25) is 9.78 Å². The van der Waals surface area contributed by atoms with Crippen molar-refractivity contribution in [3.63, 3.8) is 0 Å². The minimum atomic E-state index is -0.00680. The normalized spacial score (nSPS) is 21.5. The van der Waals surface area contributed by atoms with Crippen molar-refractivity contribution in [2.24, 2.45) is 0 Å². The lowest BCUT2D eigenvalue weighted by molar-refractivity contribution is 0.0233. The zero-order valence-corrected chi connectivity index (χ0v) is 15.3. The number of hydrogen-bond acceptors (Lipinski definition) is 5. The molecule has 1 spiro atoms. The Hall–Kier alpha value is -1.79. The fraction of sp³-hybridized carbons (Fsp3) is 0.474. The zero-order valence-electron chi connectivity index (χ0n) is 14.5. The lowest BCUT2D eigenvalue weighted by Gasteiger charge is -2.47. The molecule has 1 amide bonds. The number of ether oxygens (including phenoxy) is 1. The molecule has 0 aliphatic carbocycles. The monoisotopic (exact) mass is 358 g/mol. The van der Waals surface area contributed by atoms with Crippen molar-refractivity contribution in [3.05, 3.63) is 53.2 Å². The first-order chi connectivity index (χ1) is 12.0. The molecule has 25 heavy (non-hydrogen) atoms. The first kappa shape index (κ1) is 16.7. The van der Waals surface area contributed by atoms with Gasteiger partial charge in [-0.15, -0.1) is 11.8 Å². The Labute approximate surface area is 151 Å². The molecule has 132 valence electrons. The van der Waals surface area contributed by atoms with Crippen molar-refractivity contribution in [3.8, 4) is 0 Å². The van der Waals surface area contributed by atoms with Gasteiger partial charge >= 0.3 is 0 Å². The Kier molecular flexibility index (Phi) is 4.33. The van der Waals surface area contributed by atoms with Crippen LogP contribution in [-0.2, 0) is 11.3 Å². The summed E-state index contributed by atoms with van der Waals surface area (Å²) in [7, 11) is 0. The van der Waals surface area contributed by atoms with Crippen LogP contribution in [0.4, 0.5) is 0 Å². The van der Waals surface area contributed by atoms with Gasteiger partial charge in [0, 0.05) is 24.5 Å². The van der Waals surface area contributed by atoms with E-state index in [2.05, 4.69) is 4.98 Å². The molecule has 2 saturated heterocycles. The predicted octanol–water partition coefficient (Wildman–Crippen LogP) is 3.21. The SMILES string of the molecule is Cc1cccc(COC2CSC3(C2)CN(C(=O)c2ccc(C)o2)C3)n1. The molecule has 0 bridgehead atoms. The predicted molar refractivity (Wildman–Crippen MR) is 96.7 cm³/mol. The van der Waals surface area contributed by atoms with E-state index in [1.807, 2.05) is 54.8 Å². The Bertz CT molecular complexity index is 782. The Morgan fingerprint density at radius 3 is 2.92 bits per heavy atom. The third-order valence-corrected chi connectivity index (χ3v) is 6.36. The molecule has 5 nitrogen and oxygen atoms in total. The van der Waals surface area contributed by atoms with E-state index in [0.717, 1.165) is 42.4 Å². The van der Waals surface area contributed by atoms with Gasteiger partial charge in [-0.2, -0.15) is 0 Å². The van der Waals surface area contributed by atoms with Crippen molar-refractivity contribution >= 4 is 17.7 Å². The van der Waals surface area contributed by atoms with Gasteiger partial charge in [0.1, 0.15) is 5.76 Å². The number of nitrogens with zero attached hydrogens (tertiary/aromatic N) is 2. The standard InChI is InChI=1S/C19H22N2O3S/c1-13-4-3-5-15(20-13)9-23-16-8-19(25-10-16)11-21(12-19)18(22)17-7-6-14(2)24-17/h3-7,16H,8-12H2,1-2H3. The van der Waals surface area contributed by atoms with Gasteiger partial charge < -0.3 is 14.1 Å². The van der Waals surface area contributed by atoms with Crippen molar-refractivity contribution < 1.29 is 13.9 Å². The summed E-state index contributed by atoms with van der Waals surface area (Å²) in [5, 5.41) is 0. The van der Waals surface area contributed by atoms with Crippen LogP contribution < -0.4 is 0 Å². The molecule has 2 aromatic heterocycles. The smallest absolute Gasteiger partial charge is 0.289 e. The summed E-state index contributed by atoms with van der Waals surface area (Å²) in [5.74, 6) is 2.18. The summed E-state index contributed by atoms with van der Waals surface area (Å²) < 4.78 is 11.7. The average molecular weight is 358 g/mol. The highest BCUT2D eigenvalue weighted by molar-refractivity contribution is 8.01. The Balaban J connectivity index is 1.28. The van der Waals surface area contributed by atoms with E-state index in [1.165, 1.54) is 0 Å². The van der Waals surface area contributed by atoms with E-state index in [-0.39, 0.29) is 16.8 Å². The minimum absolute atomic E-state index is 0.00680. The van der Waals surface area contributed by atoms with Gasteiger partial charge in [0.25, 0.3) is 5.91 Å². The average Bonchev–Trinajstić information content (AvgIpc) is 3.18. The number of amides is 1. The Morgan fingerprint density at radius 1 is 1.36 bits per heavy atom. The number of carbonyl (C=O) groups excluding carboxylic acids is 1. The molecule has 6 heteroatoms.